The molecule has 9 heteroatoms. The number of carboxylic acid groups (broad SMARTS) is 1. The molecule has 132 valence electrons. The Labute approximate surface area is 153 Å². The summed E-state index contributed by atoms with van der Waals surface area (Å²) in [4.78, 5) is 26.6. The molecule has 0 atom stereocenters. The van der Waals surface area contributed by atoms with Crippen molar-refractivity contribution in [1.29, 1.82) is 0 Å². The van der Waals surface area contributed by atoms with Gasteiger partial charge in [-0.2, -0.15) is 4.98 Å². The van der Waals surface area contributed by atoms with Gasteiger partial charge in [0.2, 0.25) is 5.88 Å². The molecule has 2 rings (SSSR count). The number of carbonyl (C=O) groups is 2. The topological polar surface area (TPSA) is 127 Å². The highest BCUT2D eigenvalue weighted by atomic mass is 127. The summed E-state index contributed by atoms with van der Waals surface area (Å²) >= 11 is 2.10. The maximum absolute atomic E-state index is 11.5. The van der Waals surface area contributed by atoms with E-state index < -0.39 is 12.0 Å². The normalized spacial score (nSPS) is 20.2. The number of anilines is 1. The Morgan fingerprint density at radius 3 is 2.54 bits per heavy atom. The Balaban J connectivity index is 2.06. The minimum Gasteiger partial charge on any atom is -0.477 e. The third-order valence-corrected chi connectivity index (χ3v) is 4.71. The largest absolute Gasteiger partial charge is 0.477 e. The molecule has 1 heterocycles. The molecule has 1 aromatic rings. The number of ether oxygens (including phenoxy) is 1. The zero-order chi connectivity index (χ0) is 17.7. The van der Waals surface area contributed by atoms with Crippen LogP contribution >= 0.6 is 22.6 Å². The maximum Gasteiger partial charge on any atom is 0.404 e. The Morgan fingerprint density at radius 2 is 2.00 bits per heavy atom. The average molecular weight is 448 g/mol. The lowest BCUT2D eigenvalue weighted by atomic mass is 9.91. The van der Waals surface area contributed by atoms with Gasteiger partial charge in [0.25, 0.3) is 5.91 Å². The van der Waals surface area contributed by atoms with E-state index in [9.17, 15) is 9.59 Å². The number of hydrogen-bond acceptors (Lipinski definition) is 5. The average Bonchev–Trinajstić information content (AvgIpc) is 2.51. The van der Waals surface area contributed by atoms with E-state index in [1.807, 2.05) is 6.92 Å². The van der Waals surface area contributed by atoms with E-state index in [4.69, 9.17) is 15.6 Å². The first kappa shape index (κ1) is 18.6. The van der Waals surface area contributed by atoms with Gasteiger partial charge in [-0.15, -0.1) is 0 Å². The van der Waals surface area contributed by atoms with Crippen LogP contribution in [0.2, 0.25) is 0 Å². The van der Waals surface area contributed by atoms with E-state index in [0.29, 0.717) is 12.4 Å². The first-order valence-electron chi connectivity index (χ1n) is 7.79. The maximum atomic E-state index is 11.5. The molecule has 0 bridgehead atoms. The van der Waals surface area contributed by atoms with Gasteiger partial charge in [0, 0.05) is 12.1 Å². The molecule has 0 radical (unpaired) electrons. The lowest BCUT2D eigenvalue weighted by molar-refractivity contribution is 0.0995. The first-order chi connectivity index (χ1) is 11.4. The van der Waals surface area contributed by atoms with Crippen molar-refractivity contribution in [1.82, 2.24) is 10.3 Å². The van der Waals surface area contributed by atoms with E-state index in [0.717, 1.165) is 29.3 Å². The van der Waals surface area contributed by atoms with Gasteiger partial charge in [0.05, 0.1) is 10.2 Å². The zero-order valence-electron chi connectivity index (χ0n) is 13.3. The van der Waals surface area contributed by atoms with E-state index in [-0.39, 0.29) is 23.5 Å². The highest BCUT2D eigenvalue weighted by Gasteiger charge is 2.24. The number of halogens is 1. The van der Waals surface area contributed by atoms with Gasteiger partial charge in [0.1, 0.15) is 11.4 Å². The molecular weight excluding hydrogens is 427 g/mol. The molecule has 0 saturated heterocycles. The number of hydrogen-bond donors (Lipinski definition) is 4. The van der Waals surface area contributed by atoms with Crippen molar-refractivity contribution >= 4 is 40.4 Å². The second-order valence-electron chi connectivity index (χ2n) is 5.61. The molecule has 5 N–H and O–H groups in total. The first-order valence-corrected chi connectivity index (χ1v) is 8.87. The quantitative estimate of drug-likeness (QED) is 0.495. The van der Waals surface area contributed by atoms with Gasteiger partial charge in [0.15, 0.2) is 0 Å². The summed E-state index contributed by atoms with van der Waals surface area (Å²) < 4.78 is 6.20. The fourth-order valence-corrected chi connectivity index (χ4v) is 3.33. The van der Waals surface area contributed by atoms with Crippen molar-refractivity contribution in [3.05, 3.63) is 15.2 Å². The summed E-state index contributed by atoms with van der Waals surface area (Å²) in [6, 6.07) is 1.87. The number of nitrogens with one attached hydrogen (secondary N) is 2. The van der Waals surface area contributed by atoms with Crippen molar-refractivity contribution in [2.75, 3.05) is 11.9 Å². The van der Waals surface area contributed by atoms with Crippen molar-refractivity contribution in [3.8, 4) is 5.88 Å². The summed E-state index contributed by atoms with van der Waals surface area (Å²) in [5.41, 5.74) is 5.63. The van der Waals surface area contributed by atoms with Crippen LogP contribution in [0.25, 0.3) is 0 Å². The molecule has 2 amide bonds. The predicted molar refractivity (Wildman–Crippen MR) is 97.5 cm³/mol. The Kier molecular flexibility index (Phi) is 6.46. The SMILES string of the molecule is CCOc1nc(N[C@H]2CC[C@H](NC(=O)O)CC2)c(I)cc1C(N)=O. The summed E-state index contributed by atoms with van der Waals surface area (Å²) in [6.45, 7) is 2.20. The van der Waals surface area contributed by atoms with Crippen molar-refractivity contribution in [3.63, 3.8) is 0 Å². The van der Waals surface area contributed by atoms with E-state index in [1.165, 1.54) is 0 Å². The predicted octanol–water partition coefficient (Wildman–Crippen LogP) is 2.17. The van der Waals surface area contributed by atoms with Gasteiger partial charge in [-0.1, -0.05) is 0 Å². The van der Waals surface area contributed by atoms with E-state index in [1.54, 1.807) is 6.07 Å². The number of pyridine rings is 1. The summed E-state index contributed by atoms with van der Waals surface area (Å²) in [7, 11) is 0. The van der Waals surface area contributed by atoms with Crippen molar-refractivity contribution in [2.45, 2.75) is 44.7 Å². The van der Waals surface area contributed by atoms with Crippen LogP contribution in [0.15, 0.2) is 6.07 Å². The van der Waals surface area contributed by atoms with Crippen molar-refractivity contribution in [2.24, 2.45) is 5.73 Å². The second-order valence-corrected chi connectivity index (χ2v) is 6.77. The molecule has 1 aliphatic rings. The molecule has 0 aromatic carbocycles. The summed E-state index contributed by atoms with van der Waals surface area (Å²) in [5.74, 6) is 0.309. The Hall–Kier alpha value is -1.78. The van der Waals surface area contributed by atoms with Gasteiger partial charge in [-0.25, -0.2) is 4.79 Å². The number of aromatic nitrogens is 1. The molecule has 0 spiro atoms. The standard InChI is InChI=1S/C15H21IN4O4/c1-2-24-14-10(12(17)21)7-11(16)13(20-14)18-8-3-5-9(6-4-8)19-15(22)23/h7-9,19H,2-6H2,1H3,(H2,17,21)(H,18,20)(H,22,23)/t8-,9-. The highest BCUT2D eigenvalue weighted by molar-refractivity contribution is 14.1. The molecule has 0 unspecified atom stereocenters. The Morgan fingerprint density at radius 1 is 1.38 bits per heavy atom. The molecule has 1 saturated carbocycles. The molecule has 8 nitrogen and oxygen atoms in total. The molecule has 1 aliphatic carbocycles. The van der Waals surface area contributed by atoms with E-state index >= 15 is 0 Å². The van der Waals surface area contributed by atoms with Gasteiger partial charge in [-0.3, -0.25) is 4.79 Å². The molecule has 1 aromatic heterocycles. The van der Waals surface area contributed by atoms with E-state index in [2.05, 4.69) is 38.2 Å². The fourth-order valence-electron chi connectivity index (χ4n) is 2.75. The lowest BCUT2D eigenvalue weighted by Gasteiger charge is -2.29. The van der Waals surface area contributed by atoms with Crippen LogP contribution in [0.3, 0.4) is 0 Å². The number of carbonyl (C=O) groups excluding carboxylic acids is 1. The lowest BCUT2D eigenvalue weighted by Crippen LogP contribution is -2.39. The molecule has 0 aliphatic heterocycles. The smallest absolute Gasteiger partial charge is 0.404 e. The molecule has 1 fully saturated rings. The summed E-state index contributed by atoms with van der Waals surface area (Å²) in [5, 5.41) is 14.7. The van der Waals surface area contributed by atoms with Gasteiger partial charge in [-0.05, 0) is 61.3 Å². The van der Waals surface area contributed by atoms with Gasteiger partial charge >= 0.3 is 6.09 Å². The Bertz CT molecular complexity index is 618. The van der Waals surface area contributed by atoms with Crippen LogP contribution < -0.4 is 21.1 Å². The third kappa shape index (κ3) is 4.86. The van der Waals surface area contributed by atoms with Crippen LogP contribution in [-0.2, 0) is 0 Å². The van der Waals surface area contributed by atoms with Crippen LogP contribution in [0, 0.1) is 3.57 Å². The minimum absolute atomic E-state index is 0.00352. The van der Waals surface area contributed by atoms with Gasteiger partial charge < -0.3 is 26.2 Å². The number of amides is 2. The number of nitrogens with two attached hydrogens (primary N) is 1. The van der Waals surface area contributed by atoms with Crippen LogP contribution in [0.4, 0.5) is 10.6 Å². The van der Waals surface area contributed by atoms with Crippen LogP contribution in [-0.4, -0.2) is 40.8 Å². The number of nitrogens with zero attached hydrogens (tertiary/aromatic N) is 1. The second kappa shape index (κ2) is 8.36. The number of rotatable bonds is 6. The number of primary amides is 1. The molecular formula is C15H21IN4O4. The van der Waals surface area contributed by atoms with Crippen LogP contribution in [0.5, 0.6) is 5.88 Å². The third-order valence-electron chi connectivity index (χ3n) is 3.88. The monoisotopic (exact) mass is 448 g/mol. The zero-order valence-corrected chi connectivity index (χ0v) is 15.5. The van der Waals surface area contributed by atoms with Crippen molar-refractivity contribution < 1.29 is 19.4 Å². The summed E-state index contributed by atoms with van der Waals surface area (Å²) in [6.07, 6.45) is 2.25. The fraction of sp³-hybridized carbons (Fsp3) is 0.533. The molecule has 24 heavy (non-hydrogen) atoms. The van der Waals surface area contributed by atoms with Crippen LogP contribution in [0.1, 0.15) is 43.0 Å². The highest BCUT2D eigenvalue weighted by Crippen LogP contribution is 2.28. The minimum atomic E-state index is -0.981.